The number of hydrogen-bond acceptors (Lipinski definition) is 4. The van der Waals surface area contributed by atoms with Crippen molar-refractivity contribution in [3.05, 3.63) is 70.0 Å². The van der Waals surface area contributed by atoms with Gasteiger partial charge in [0.1, 0.15) is 5.82 Å². The summed E-state index contributed by atoms with van der Waals surface area (Å²) in [5.41, 5.74) is 13.4. The molecule has 0 radical (unpaired) electrons. The minimum atomic E-state index is -0.716. The number of carboxylic acid groups (broad SMARTS) is 1. The highest BCUT2D eigenvalue weighted by Gasteiger charge is 2.34. The van der Waals surface area contributed by atoms with Crippen LogP contribution in [0.4, 0.5) is 4.39 Å². The second kappa shape index (κ2) is 11.1. The van der Waals surface area contributed by atoms with Crippen LogP contribution in [0.5, 0.6) is 0 Å². The number of fused-ring (bicyclic) bond motifs is 1. The average molecular weight is 449 g/mol. The highest BCUT2D eigenvalue weighted by atomic mass is 35.5. The van der Waals surface area contributed by atoms with Crippen LogP contribution >= 0.6 is 11.6 Å². The minimum Gasteiger partial charge on any atom is -0.554 e. The molecule has 1 aliphatic carbocycles. The topological polar surface area (TPSA) is 152 Å². The van der Waals surface area contributed by atoms with E-state index in [4.69, 9.17) is 33.0 Å². The van der Waals surface area contributed by atoms with Crippen molar-refractivity contribution in [2.75, 3.05) is 6.54 Å². The predicted octanol–water partition coefficient (Wildman–Crippen LogP) is -1.66. The van der Waals surface area contributed by atoms with Crippen LogP contribution in [0, 0.1) is 11.7 Å². The first-order valence-corrected chi connectivity index (χ1v) is 9.67. The van der Waals surface area contributed by atoms with Crippen LogP contribution < -0.4 is 26.9 Å². The molecule has 3 rings (SSSR count). The number of amides is 1. The van der Waals surface area contributed by atoms with Gasteiger partial charge >= 0.3 is 5.96 Å². The van der Waals surface area contributed by atoms with Crippen LogP contribution in [0.25, 0.3) is 0 Å². The molecule has 8 nitrogen and oxygen atoms in total. The summed E-state index contributed by atoms with van der Waals surface area (Å²) in [5.74, 6) is -1.90. The molecule has 2 aromatic carbocycles. The summed E-state index contributed by atoms with van der Waals surface area (Å²) < 4.78 is 13.6. The molecule has 1 aliphatic rings. The van der Waals surface area contributed by atoms with Gasteiger partial charge in [-0.25, -0.2) is 4.39 Å². The van der Waals surface area contributed by atoms with Crippen molar-refractivity contribution in [3.8, 4) is 0 Å². The van der Waals surface area contributed by atoms with Crippen LogP contribution in [-0.2, 0) is 27.2 Å². The Morgan fingerprint density at radius 3 is 2.58 bits per heavy atom. The van der Waals surface area contributed by atoms with Crippen molar-refractivity contribution in [1.82, 2.24) is 5.32 Å². The van der Waals surface area contributed by atoms with Gasteiger partial charge in [0, 0.05) is 18.8 Å². The molecule has 10 heteroatoms. The second-order valence-corrected chi connectivity index (χ2v) is 7.30. The van der Waals surface area contributed by atoms with E-state index in [2.05, 4.69) is 10.3 Å². The molecule has 0 aliphatic heterocycles. The monoisotopic (exact) mass is 448 g/mol. The molecule has 2 atom stereocenters. The number of hydrogen-bond donors (Lipinski definition) is 4. The number of Topliss-reactive ketones (excluding diaryl/α,β-unsaturated/α-hetero) is 1. The van der Waals surface area contributed by atoms with E-state index in [0.29, 0.717) is 12.1 Å². The minimum absolute atomic E-state index is 0.00998. The number of benzene rings is 2. The molecule has 0 bridgehead atoms. The standard InChI is InChI=1S/C20H20ClFN4O2.CH2O2/c21-15-6-5-11(7-16(15)22)8-17(27)19(28)26-18-13(10-25-20(23)24)9-12-3-1-2-4-14(12)18;2-1-3/h1-7,13,18H,8-10H2,(H,26,28)(H4,23,24,25);1H,(H,2,3)/t13-,18-;/m1./s1. The van der Waals surface area contributed by atoms with Crippen LogP contribution in [0.1, 0.15) is 22.7 Å². The summed E-state index contributed by atoms with van der Waals surface area (Å²) in [6, 6.07) is 11.4. The first-order valence-electron chi connectivity index (χ1n) is 9.29. The number of nitrogens with one attached hydrogen (secondary N) is 2. The number of guanidine groups is 1. The first-order chi connectivity index (χ1) is 14.8. The molecule has 0 unspecified atom stereocenters. The zero-order valence-electron chi connectivity index (χ0n) is 16.4. The van der Waals surface area contributed by atoms with Crippen molar-refractivity contribution in [3.63, 3.8) is 0 Å². The maximum absolute atomic E-state index is 13.6. The summed E-state index contributed by atoms with van der Waals surface area (Å²) in [6.07, 6.45) is 0.513. The quantitative estimate of drug-likeness (QED) is 0.180. The summed E-state index contributed by atoms with van der Waals surface area (Å²) in [4.78, 5) is 36.0. The van der Waals surface area contributed by atoms with Crippen LogP contribution in [0.2, 0.25) is 5.02 Å². The summed E-state index contributed by atoms with van der Waals surface area (Å²) >= 11 is 5.64. The Labute approximate surface area is 183 Å². The van der Waals surface area contributed by atoms with Gasteiger partial charge in [-0.3, -0.25) is 26.0 Å². The van der Waals surface area contributed by atoms with Crippen molar-refractivity contribution >= 4 is 35.7 Å². The van der Waals surface area contributed by atoms with Gasteiger partial charge in [0.15, 0.2) is 0 Å². The van der Waals surface area contributed by atoms with E-state index in [1.807, 2.05) is 24.3 Å². The Morgan fingerprint density at radius 2 is 1.94 bits per heavy atom. The van der Waals surface area contributed by atoms with E-state index < -0.39 is 24.0 Å². The Bertz CT molecular complexity index is 995. The number of nitrogens with two attached hydrogens (primary N) is 2. The third-order valence-electron chi connectivity index (χ3n) is 4.80. The number of ketones is 1. The molecule has 0 aromatic heterocycles. The van der Waals surface area contributed by atoms with Crippen LogP contribution in [0.15, 0.2) is 42.5 Å². The van der Waals surface area contributed by atoms with E-state index in [1.54, 1.807) is 0 Å². The molecule has 0 fully saturated rings. The van der Waals surface area contributed by atoms with Gasteiger partial charge in [0.2, 0.25) is 5.78 Å². The molecule has 6 N–H and O–H groups in total. The maximum atomic E-state index is 13.6. The van der Waals surface area contributed by atoms with Gasteiger partial charge in [-0.05, 0) is 35.2 Å². The predicted molar refractivity (Wildman–Crippen MR) is 110 cm³/mol. The Balaban J connectivity index is 0.00000107. The van der Waals surface area contributed by atoms with Crippen molar-refractivity contribution < 1.29 is 28.9 Å². The lowest BCUT2D eigenvalue weighted by molar-refractivity contribution is -0.468. The molecular formula is C21H22ClFN4O4. The van der Waals surface area contributed by atoms with Gasteiger partial charge in [-0.2, -0.15) is 0 Å². The lowest BCUT2D eigenvalue weighted by atomic mass is 10.00. The summed E-state index contributed by atoms with van der Waals surface area (Å²) in [7, 11) is 0. The van der Waals surface area contributed by atoms with E-state index >= 15 is 0 Å². The van der Waals surface area contributed by atoms with E-state index in [9.17, 15) is 14.0 Å². The first kappa shape index (κ1) is 23.8. The molecule has 1 amide bonds. The smallest absolute Gasteiger partial charge is 0.338 e. The fraction of sp³-hybridized carbons (Fsp3) is 0.238. The number of halogens is 2. The molecule has 2 aromatic rings. The molecule has 31 heavy (non-hydrogen) atoms. The third kappa shape index (κ3) is 6.51. The second-order valence-electron chi connectivity index (χ2n) is 6.90. The highest BCUT2D eigenvalue weighted by Crippen LogP contribution is 2.35. The van der Waals surface area contributed by atoms with Gasteiger partial charge in [-0.15, -0.1) is 0 Å². The lowest BCUT2D eigenvalue weighted by Crippen LogP contribution is -2.79. The van der Waals surface area contributed by atoms with Crippen LogP contribution in [0.3, 0.4) is 0 Å². The van der Waals surface area contributed by atoms with Crippen molar-refractivity contribution in [1.29, 1.82) is 0 Å². The number of carbonyl (C=O) groups excluding carboxylic acids is 3. The van der Waals surface area contributed by atoms with Gasteiger partial charge in [-0.1, -0.05) is 41.9 Å². The molecule has 0 heterocycles. The molecule has 0 saturated heterocycles. The Hall–Kier alpha value is -3.46. The lowest BCUT2D eigenvalue weighted by Gasteiger charge is -2.20. The van der Waals surface area contributed by atoms with E-state index in [1.165, 1.54) is 12.1 Å². The molecule has 0 spiro atoms. The fourth-order valence-electron chi connectivity index (χ4n) is 3.45. The fourth-order valence-corrected chi connectivity index (χ4v) is 3.57. The van der Waals surface area contributed by atoms with Gasteiger partial charge < -0.3 is 15.2 Å². The Kier molecular flexibility index (Phi) is 8.51. The summed E-state index contributed by atoms with van der Waals surface area (Å²) in [5, 5.41) is 11.0. The zero-order chi connectivity index (χ0) is 23.0. The van der Waals surface area contributed by atoms with Crippen LogP contribution in [-0.4, -0.2) is 30.7 Å². The highest BCUT2D eigenvalue weighted by molar-refractivity contribution is 6.36. The number of carbonyl (C=O) groups is 3. The molecule has 164 valence electrons. The van der Waals surface area contributed by atoms with Gasteiger partial charge in [0.25, 0.3) is 5.91 Å². The van der Waals surface area contributed by atoms with E-state index in [0.717, 1.165) is 23.6 Å². The van der Waals surface area contributed by atoms with E-state index in [-0.39, 0.29) is 29.4 Å². The third-order valence-corrected chi connectivity index (χ3v) is 5.11. The average Bonchev–Trinajstić information content (AvgIpc) is 3.07. The Morgan fingerprint density at radius 1 is 1.26 bits per heavy atom. The zero-order valence-corrected chi connectivity index (χ0v) is 17.2. The maximum Gasteiger partial charge on any atom is 0.338 e. The summed E-state index contributed by atoms with van der Waals surface area (Å²) in [6.45, 7) is -0.0431. The molecule has 0 saturated carbocycles. The largest absolute Gasteiger partial charge is 0.554 e. The normalized spacial score (nSPS) is 16.3. The SMILES string of the molecule is NC(N)=[NH+]C[C@H]1Cc2ccccc2[C@@H]1NC(=O)C(=O)Cc1ccc(Cl)c(F)c1.O=C[O-]. The molecular weight excluding hydrogens is 427 g/mol. The van der Waals surface area contributed by atoms with Crippen molar-refractivity contribution in [2.24, 2.45) is 17.4 Å². The van der Waals surface area contributed by atoms with Crippen molar-refractivity contribution in [2.45, 2.75) is 18.9 Å². The number of rotatable bonds is 6. The van der Waals surface area contributed by atoms with Gasteiger partial charge in [0.05, 0.1) is 17.6 Å².